The van der Waals surface area contributed by atoms with Gasteiger partial charge in [-0.25, -0.2) is 0 Å². The molecule has 2 N–H and O–H groups in total. The third kappa shape index (κ3) is 2.68. The Kier molecular flexibility index (Phi) is 3.71. The first kappa shape index (κ1) is 11.7. The fraction of sp³-hybridized carbons (Fsp3) is 0.500. The van der Waals surface area contributed by atoms with Crippen molar-refractivity contribution in [1.82, 2.24) is 0 Å². The van der Waals surface area contributed by atoms with E-state index in [-0.39, 0.29) is 6.10 Å². The molecule has 16 heavy (non-hydrogen) atoms. The Morgan fingerprint density at radius 1 is 1.50 bits per heavy atom. The largest absolute Gasteiger partial charge is 0.486 e. The van der Waals surface area contributed by atoms with E-state index in [4.69, 9.17) is 15.2 Å². The standard InChI is InChI=1S/C12H16BrNO2/c1-8-5-9(13)6-11(14)12(8)16-10-3-2-4-15-7-10/h5-6,10H,2-4,7,14H2,1H3. The third-order valence-corrected chi connectivity index (χ3v) is 3.13. The van der Waals surface area contributed by atoms with Crippen LogP contribution in [0.2, 0.25) is 0 Å². The van der Waals surface area contributed by atoms with Gasteiger partial charge in [0.1, 0.15) is 11.9 Å². The number of aryl methyl sites for hydroxylation is 1. The molecule has 0 amide bonds. The van der Waals surface area contributed by atoms with E-state index in [0.717, 1.165) is 35.2 Å². The minimum absolute atomic E-state index is 0.135. The van der Waals surface area contributed by atoms with Crippen LogP contribution in [-0.4, -0.2) is 19.3 Å². The van der Waals surface area contributed by atoms with E-state index in [9.17, 15) is 0 Å². The molecule has 1 aliphatic heterocycles. The van der Waals surface area contributed by atoms with Gasteiger partial charge in [-0.3, -0.25) is 0 Å². The quantitative estimate of drug-likeness (QED) is 0.850. The second-order valence-electron chi connectivity index (χ2n) is 4.10. The zero-order valence-corrected chi connectivity index (χ0v) is 10.9. The van der Waals surface area contributed by atoms with Crippen LogP contribution in [0, 0.1) is 6.92 Å². The minimum Gasteiger partial charge on any atom is -0.486 e. The molecule has 1 aromatic carbocycles. The monoisotopic (exact) mass is 285 g/mol. The first-order valence-corrected chi connectivity index (χ1v) is 6.26. The molecule has 1 heterocycles. The average Bonchev–Trinajstić information content (AvgIpc) is 2.25. The molecule has 1 unspecified atom stereocenters. The fourth-order valence-corrected chi connectivity index (χ4v) is 2.48. The maximum Gasteiger partial charge on any atom is 0.145 e. The molecule has 0 radical (unpaired) electrons. The van der Waals surface area contributed by atoms with E-state index in [1.54, 1.807) is 0 Å². The SMILES string of the molecule is Cc1cc(Br)cc(N)c1OC1CCCOC1. The summed E-state index contributed by atoms with van der Waals surface area (Å²) in [6, 6.07) is 3.88. The lowest BCUT2D eigenvalue weighted by Gasteiger charge is -2.25. The van der Waals surface area contributed by atoms with Crippen LogP contribution < -0.4 is 10.5 Å². The fourth-order valence-electron chi connectivity index (χ4n) is 1.89. The van der Waals surface area contributed by atoms with Crippen LogP contribution in [0.1, 0.15) is 18.4 Å². The molecule has 2 rings (SSSR count). The Labute approximate surface area is 104 Å². The molecular formula is C12H16BrNO2. The number of nitrogen functional groups attached to an aromatic ring is 1. The van der Waals surface area contributed by atoms with Crippen molar-refractivity contribution in [2.75, 3.05) is 18.9 Å². The van der Waals surface area contributed by atoms with Crippen LogP contribution in [0.5, 0.6) is 5.75 Å². The number of anilines is 1. The van der Waals surface area contributed by atoms with Crippen molar-refractivity contribution in [2.24, 2.45) is 0 Å². The van der Waals surface area contributed by atoms with Crippen LogP contribution in [0.4, 0.5) is 5.69 Å². The summed E-state index contributed by atoms with van der Waals surface area (Å²) < 4.78 is 12.3. The summed E-state index contributed by atoms with van der Waals surface area (Å²) in [5.74, 6) is 0.790. The predicted molar refractivity (Wildman–Crippen MR) is 67.8 cm³/mol. The second-order valence-corrected chi connectivity index (χ2v) is 5.01. The van der Waals surface area contributed by atoms with Crippen molar-refractivity contribution in [3.63, 3.8) is 0 Å². The van der Waals surface area contributed by atoms with Gasteiger partial charge in [0.05, 0.1) is 12.3 Å². The van der Waals surface area contributed by atoms with Crippen molar-refractivity contribution in [2.45, 2.75) is 25.9 Å². The highest BCUT2D eigenvalue weighted by molar-refractivity contribution is 9.10. The predicted octanol–water partition coefficient (Wildman–Crippen LogP) is 2.90. The molecule has 1 aliphatic rings. The van der Waals surface area contributed by atoms with E-state index >= 15 is 0 Å². The van der Waals surface area contributed by atoms with E-state index in [1.807, 2.05) is 19.1 Å². The molecule has 0 saturated carbocycles. The molecular weight excluding hydrogens is 270 g/mol. The molecule has 4 heteroatoms. The van der Waals surface area contributed by atoms with E-state index in [1.165, 1.54) is 0 Å². The number of benzene rings is 1. The molecule has 1 atom stereocenters. The van der Waals surface area contributed by atoms with Crippen molar-refractivity contribution in [1.29, 1.82) is 0 Å². The Balaban J connectivity index is 2.14. The highest BCUT2D eigenvalue weighted by Crippen LogP contribution is 2.31. The second kappa shape index (κ2) is 5.06. The summed E-state index contributed by atoms with van der Waals surface area (Å²) >= 11 is 3.41. The van der Waals surface area contributed by atoms with Crippen LogP contribution in [0.3, 0.4) is 0 Å². The van der Waals surface area contributed by atoms with Gasteiger partial charge < -0.3 is 15.2 Å². The number of hydrogen-bond donors (Lipinski definition) is 1. The van der Waals surface area contributed by atoms with Gasteiger partial charge in [-0.15, -0.1) is 0 Å². The van der Waals surface area contributed by atoms with Gasteiger partial charge in [-0.2, -0.15) is 0 Å². The van der Waals surface area contributed by atoms with E-state index in [2.05, 4.69) is 15.9 Å². The van der Waals surface area contributed by atoms with Crippen LogP contribution in [0.25, 0.3) is 0 Å². The zero-order chi connectivity index (χ0) is 11.5. The maximum absolute atomic E-state index is 5.94. The van der Waals surface area contributed by atoms with Gasteiger partial charge >= 0.3 is 0 Å². The van der Waals surface area contributed by atoms with Crippen LogP contribution in [0.15, 0.2) is 16.6 Å². The molecule has 88 valence electrons. The zero-order valence-electron chi connectivity index (χ0n) is 9.33. The Bertz CT molecular complexity index is 352. The summed E-state index contributed by atoms with van der Waals surface area (Å²) in [5, 5.41) is 0. The highest BCUT2D eigenvalue weighted by atomic mass is 79.9. The summed E-state index contributed by atoms with van der Waals surface area (Å²) in [5.41, 5.74) is 7.67. The summed E-state index contributed by atoms with van der Waals surface area (Å²) in [6.45, 7) is 3.50. The van der Waals surface area contributed by atoms with Crippen LogP contribution >= 0.6 is 15.9 Å². The summed E-state index contributed by atoms with van der Waals surface area (Å²) in [7, 11) is 0. The first-order valence-electron chi connectivity index (χ1n) is 5.47. The molecule has 0 spiro atoms. The number of rotatable bonds is 2. The Hall–Kier alpha value is -0.740. The first-order chi connectivity index (χ1) is 7.66. The molecule has 1 saturated heterocycles. The lowest BCUT2D eigenvalue weighted by atomic mass is 10.1. The normalized spacial score (nSPS) is 20.8. The lowest BCUT2D eigenvalue weighted by Crippen LogP contribution is -2.28. The molecule has 1 fully saturated rings. The van der Waals surface area contributed by atoms with Gasteiger partial charge in [0.2, 0.25) is 0 Å². The number of ether oxygens (including phenoxy) is 2. The average molecular weight is 286 g/mol. The smallest absolute Gasteiger partial charge is 0.145 e. The van der Waals surface area contributed by atoms with Gasteiger partial charge in [0.15, 0.2) is 0 Å². The number of hydrogen-bond acceptors (Lipinski definition) is 3. The van der Waals surface area contributed by atoms with E-state index in [0.29, 0.717) is 12.3 Å². The van der Waals surface area contributed by atoms with Crippen molar-refractivity contribution < 1.29 is 9.47 Å². The van der Waals surface area contributed by atoms with Gasteiger partial charge in [-0.1, -0.05) is 15.9 Å². The van der Waals surface area contributed by atoms with Crippen LogP contribution in [-0.2, 0) is 4.74 Å². The molecule has 0 aliphatic carbocycles. The molecule has 3 nitrogen and oxygen atoms in total. The maximum atomic E-state index is 5.94. The lowest BCUT2D eigenvalue weighted by molar-refractivity contribution is 0.00748. The Morgan fingerprint density at radius 2 is 2.31 bits per heavy atom. The third-order valence-electron chi connectivity index (χ3n) is 2.67. The van der Waals surface area contributed by atoms with Crippen molar-refractivity contribution >= 4 is 21.6 Å². The molecule has 0 bridgehead atoms. The number of halogens is 1. The van der Waals surface area contributed by atoms with Crippen molar-refractivity contribution in [3.8, 4) is 5.75 Å². The van der Waals surface area contributed by atoms with Crippen molar-refractivity contribution in [3.05, 3.63) is 22.2 Å². The summed E-state index contributed by atoms with van der Waals surface area (Å²) in [4.78, 5) is 0. The van der Waals surface area contributed by atoms with Gasteiger partial charge in [0, 0.05) is 11.1 Å². The van der Waals surface area contributed by atoms with Gasteiger partial charge in [0.25, 0.3) is 0 Å². The highest BCUT2D eigenvalue weighted by Gasteiger charge is 2.17. The van der Waals surface area contributed by atoms with Gasteiger partial charge in [-0.05, 0) is 37.5 Å². The Morgan fingerprint density at radius 3 is 2.94 bits per heavy atom. The number of nitrogens with two attached hydrogens (primary N) is 1. The minimum atomic E-state index is 0.135. The topological polar surface area (TPSA) is 44.5 Å². The molecule has 1 aromatic rings. The molecule has 0 aromatic heterocycles. The van der Waals surface area contributed by atoms with E-state index < -0.39 is 0 Å². The summed E-state index contributed by atoms with van der Waals surface area (Å²) in [6.07, 6.45) is 2.23.